The molecule has 68 heavy (non-hydrogen) atoms. The first kappa shape index (κ1) is 51.9. The highest BCUT2D eigenvalue weighted by atomic mass is 32.2. The number of fused-ring (bicyclic) bond motifs is 2. The van der Waals surface area contributed by atoms with E-state index >= 15 is 8.42 Å². The van der Waals surface area contributed by atoms with Gasteiger partial charge < -0.3 is 44.1 Å². The number of hydrogen-bond acceptors (Lipinski definition) is 13. The first-order chi connectivity index (χ1) is 32.5. The van der Waals surface area contributed by atoms with Crippen LogP contribution in [-0.4, -0.2) is 98.7 Å². The van der Waals surface area contributed by atoms with Gasteiger partial charge in [0.1, 0.15) is 28.6 Å². The Labute approximate surface area is 400 Å². The Morgan fingerprint density at radius 3 is 2.29 bits per heavy atom. The predicted octanol–water partition coefficient (Wildman–Crippen LogP) is 8.81. The molecule has 1 aliphatic heterocycles. The Bertz CT molecular complexity index is 2420. The third-order valence-corrected chi connectivity index (χ3v) is 14.4. The molecule has 0 aromatic heterocycles. The molecule has 0 unspecified atom stereocenters. The third-order valence-electron chi connectivity index (χ3n) is 12.5. The number of hydrogen-bond donors (Lipinski definition) is 4. The third kappa shape index (κ3) is 11.7. The molecule has 2 amide bonds. The van der Waals surface area contributed by atoms with E-state index in [9.17, 15) is 19.8 Å². The fourth-order valence-electron chi connectivity index (χ4n) is 9.74. The molecule has 4 N–H and O–H groups in total. The van der Waals surface area contributed by atoms with E-state index in [0.29, 0.717) is 66.4 Å². The van der Waals surface area contributed by atoms with E-state index in [1.54, 1.807) is 54.6 Å². The van der Waals surface area contributed by atoms with Crippen LogP contribution in [0.3, 0.4) is 0 Å². The van der Waals surface area contributed by atoms with Crippen LogP contribution in [0, 0.1) is 17.8 Å². The predicted molar refractivity (Wildman–Crippen MR) is 260 cm³/mol. The fourth-order valence-corrected chi connectivity index (χ4v) is 11.5. The van der Waals surface area contributed by atoms with Crippen LogP contribution in [0.15, 0.2) is 95.0 Å². The number of unbranched alkanes of at least 4 members (excludes halogenated alkanes) is 2. The number of anilines is 2. The lowest BCUT2D eigenvalue weighted by Gasteiger charge is -2.59. The van der Waals surface area contributed by atoms with E-state index in [1.165, 1.54) is 37.6 Å². The lowest BCUT2D eigenvalue weighted by molar-refractivity contribution is -0.251. The van der Waals surface area contributed by atoms with Crippen molar-refractivity contribution in [1.82, 2.24) is 4.31 Å². The first-order valence-electron chi connectivity index (χ1n) is 23.4. The van der Waals surface area contributed by atoms with Crippen LogP contribution in [-0.2, 0) is 24.4 Å². The quantitative estimate of drug-likeness (QED) is 0.0424. The van der Waals surface area contributed by atoms with E-state index in [1.807, 2.05) is 27.7 Å². The molecule has 0 saturated heterocycles. The lowest BCUT2D eigenvalue weighted by Crippen LogP contribution is -2.70. The summed E-state index contributed by atoms with van der Waals surface area (Å²) < 4.78 is 63.1. The number of amides is 2. The highest BCUT2D eigenvalue weighted by molar-refractivity contribution is 7.89. The summed E-state index contributed by atoms with van der Waals surface area (Å²) in [4.78, 5) is 31.7. The summed E-state index contributed by atoms with van der Waals surface area (Å²) in [7, 11) is -1.29. The maximum atomic E-state index is 15.3. The number of oxime groups is 1. The maximum Gasteiger partial charge on any atom is 0.417 e. The SMILES string of the molecule is C=CCO[C@@]12Oc3ccc(OC(=O)Nc4ccc(OC)cc4OC)cc3[C@H]3[C@H](CCCCO)[C@@H](CCCCO)C=C(C(=NOC(C)(C)C)C[C@@H]1N(CCC)S(=O)(=O)c1ccc(NC(C)=O)cc1)[C@H]32. The number of rotatable bonds is 22. The van der Waals surface area contributed by atoms with Gasteiger partial charge in [0, 0.05) is 56.3 Å². The largest absolute Gasteiger partial charge is 0.497 e. The van der Waals surface area contributed by atoms with Crippen LogP contribution in [0.4, 0.5) is 16.2 Å². The number of nitrogens with one attached hydrogen (secondary N) is 2. The number of carbonyl (C=O) groups is 2. The first-order valence-corrected chi connectivity index (χ1v) is 24.8. The molecule has 370 valence electrons. The molecule has 16 nitrogen and oxygen atoms in total. The van der Waals surface area contributed by atoms with Crippen LogP contribution < -0.4 is 29.6 Å². The smallest absolute Gasteiger partial charge is 0.417 e. The van der Waals surface area contributed by atoms with Gasteiger partial charge in [-0.05, 0) is 125 Å². The zero-order valence-corrected chi connectivity index (χ0v) is 41.1. The summed E-state index contributed by atoms with van der Waals surface area (Å²) in [6.45, 7) is 13.1. The van der Waals surface area contributed by atoms with E-state index < -0.39 is 45.4 Å². The number of benzene rings is 3. The Balaban J connectivity index is 1.58. The molecule has 3 aromatic carbocycles. The molecule has 0 radical (unpaired) electrons. The monoisotopic (exact) mass is 960 g/mol. The molecule has 3 aliphatic rings. The van der Waals surface area contributed by atoms with Gasteiger partial charge >= 0.3 is 6.09 Å². The minimum atomic E-state index is -4.31. The summed E-state index contributed by atoms with van der Waals surface area (Å²) in [5.41, 5.74) is 2.17. The molecule has 1 fully saturated rings. The van der Waals surface area contributed by atoms with Crippen molar-refractivity contribution in [3.05, 3.63) is 90.5 Å². The van der Waals surface area contributed by atoms with Crippen molar-refractivity contribution >= 4 is 39.1 Å². The lowest BCUT2D eigenvalue weighted by atomic mass is 9.55. The molecule has 6 rings (SSSR count). The second kappa shape index (κ2) is 22.8. The molecular weight excluding hydrogens is 893 g/mol. The second-order valence-electron chi connectivity index (χ2n) is 18.4. The van der Waals surface area contributed by atoms with Crippen LogP contribution in [0.25, 0.3) is 0 Å². The number of sulfonamides is 1. The van der Waals surface area contributed by atoms with Gasteiger partial charge in [-0.15, -0.1) is 6.58 Å². The summed E-state index contributed by atoms with van der Waals surface area (Å²) in [6.07, 6.45) is 7.53. The standard InChI is InChI=1S/C51H68N4O12S/c1-9-25-55(68(60,61)38-21-17-35(18-22-38)52-33(3)58)46-32-43(54-67-50(4,5)6)40-29-34(15-11-13-26-56)39(16-12-14-27-57)47-41-30-37(20-24-44(41)66-51(46,48(40)47)64-28-10-2)65-49(59)53-42-23-19-36(62-7)31-45(42)63-8/h10,17-24,29-31,34,39,46-48,56-57H,2,9,11-16,25-28,32H2,1,3-8H3,(H,52,58)(H,53,59)/t34-,39+,46-,47+,48+,51+/m0/s1. The van der Waals surface area contributed by atoms with Gasteiger partial charge in [-0.1, -0.05) is 37.1 Å². The summed E-state index contributed by atoms with van der Waals surface area (Å²) in [5.74, 6) is -1.73. The zero-order chi connectivity index (χ0) is 49.2. The Kier molecular flexibility index (Phi) is 17.4. The van der Waals surface area contributed by atoms with Crippen molar-refractivity contribution in [3.63, 3.8) is 0 Å². The number of aliphatic hydroxyl groups is 2. The fraction of sp³-hybridized carbons (Fsp3) is 0.510. The van der Waals surface area contributed by atoms with Gasteiger partial charge in [0.05, 0.1) is 49.1 Å². The van der Waals surface area contributed by atoms with Crippen LogP contribution >= 0.6 is 0 Å². The number of aliphatic hydroxyl groups excluding tert-OH is 2. The second-order valence-corrected chi connectivity index (χ2v) is 20.3. The number of allylic oxidation sites excluding steroid dienone is 1. The van der Waals surface area contributed by atoms with Gasteiger partial charge in [0.25, 0.3) is 0 Å². The van der Waals surface area contributed by atoms with Crippen molar-refractivity contribution in [2.45, 2.75) is 114 Å². The average Bonchev–Trinajstić information content (AvgIpc) is 3.30. The normalized spacial score (nSPS) is 22.5. The van der Waals surface area contributed by atoms with Crippen molar-refractivity contribution in [1.29, 1.82) is 0 Å². The molecule has 0 bridgehead atoms. The van der Waals surface area contributed by atoms with Crippen LogP contribution in [0.2, 0.25) is 0 Å². The molecule has 1 heterocycles. The highest BCUT2D eigenvalue weighted by Crippen LogP contribution is 2.62. The van der Waals surface area contributed by atoms with Gasteiger partial charge in [-0.25, -0.2) is 13.2 Å². The van der Waals surface area contributed by atoms with Crippen LogP contribution in [0.1, 0.15) is 97.5 Å². The van der Waals surface area contributed by atoms with E-state index in [4.69, 9.17) is 33.7 Å². The molecule has 6 atom stereocenters. The Morgan fingerprint density at radius 1 is 0.956 bits per heavy atom. The molecular formula is C51H68N4O12S. The number of carbonyl (C=O) groups excluding carboxylic acids is 2. The van der Waals surface area contributed by atoms with E-state index in [-0.39, 0.29) is 61.2 Å². The molecule has 3 aromatic rings. The average molecular weight is 961 g/mol. The van der Waals surface area contributed by atoms with Crippen molar-refractivity contribution in [2.75, 3.05) is 51.2 Å². The Hall–Kier alpha value is -5.46. The van der Waals surface area contributed by atoms with Gasteiger partial charge in [-0.3, -0.25) is 10.1 Å². The van der Waals surface area contributed by atoms with Crippen molar-refractivity contribution < 1.29 is 56.7 Å². The number of methoxy groups -OCH3 is 2. The van der Waals surface area contributed by atoms with Gasteiger partial charge in [0.15, 0.2) is 0 Å². The van der Waals surface area contributed by atoms with Crippen molar-refractivity contribution in [3.8, 4) is 23.0 Å². The Morgan fingerprint density at radius 2 is 1.66 bits per heavy atom. The summed E-state index contributed by atoms with van der Waals surface area (Å²) in [6, 6.07) is 15.2. The molecule has 1 saturated carbocycles. The zero-order valence-electron chi connectivity index (χ0n) is 40.3. The minimum Gasteiger partial charge on any atom is -0.497 e. The highest BCUT2D eigenvalue weighted by Gasteiger charge is 2.66. The summed E-state index contributed by atoms with van der Waals surface area (Å²) >= 11 is 0. The number of ether oxygens (including phenoxy) is 5. The minimum absolute atomic E-state index is 0.00399. The molecule has 17 heteroatoms. The number of nitrogens with zero attached hydrogens (tertiary/aromatic N) is 2. The van der Waals surface area contributed by atoms with Gasteiger partial charge in [-0.2, -0.15) is 4.31 Å². The van der Waals surface area contributed by atoms with Crippen LogP contribution in [0.5, 0.6) is 23.0 Å². The molecule has 0 spiro atoms. The van der Waals surface area contributed by atoms with Crippen molar-refractivity contribution in [2.24, 2.45) is 22.9 Å². The topological polar surface area (TPSA) is 204 Å². The van der Waals surface area contributed by atoms with E-state index in [2.05, 4.69) is 23.3 Å². The maximum absolute atomic E-state index is 15.3. The van der Waals surface area contributed by atoms with Gasteiger partial charge in [0.2, 0.25) is 21.7 Å². The summed E-state index contributed by atoms with van der Waals surface area (Å²) in [5, 5.41) is 30.3. The molecule has 2 aliphatic carbocycles. The van der Waals surface area contributed by atoms with E-state index in [0.717, 1.165) is 24.0 Å².